The standard InChI is InChI=1S/C16H17ClN4O2S2/c1-2-18-16(20-25(22,23)14-5-3-4-13(17)10-14)21-15(6-8-19-21)12-7-9-24-11-12/h3-5,7-11,15H,2,6H2,1H3,(H,18,20). The lowest BCUT2D eigenvalue weighted by Gasteiger charge is -2.24. The maximum Gasteiger partial charge on any atom is 0.285 e. The molecule has 0 fully saturated rings. The summed E-state index contributed by atoms with van der Waals surface area (Å²) in [6.45, 7) is 2.40. The van der Waals surface area contributed by atoms with Crippen molar-refractivity contribution in [2.75, 3.05) is 6.54 Å². The normalized spacial score (nSPS) is 17.9. The van der Waals surface area contributed by atoms with Crippen molar-refractivity contribution in [3.8, 4) is 0 Å². The number of sulfonamides is 1. The SMILES string of the molecule is CCN/C(=N\S(=O)(=O)c1cccc(Cl)c1)N1N=CCC1c1ccsc1. The minimum atomic E-state index is -3.91. The lowest BCUT2D eigenvalue weighted by atomic mass is 10.1. The quantitative estimate of drug-likeness (QED) is 0.634. The zero-order valence-corrected chi connectivity index (χ0v) is 15.9. The minimum absolute atomic E-state index is 0.0469. The molecule has 0 radical (unpaired) electrons. The number of nitrogens with one attached hydrogen (secondary N) is 1. The van der Waals surface area contributed by atoms with E-state index in [0.29, 0.717) is 18.0 Å². The van der Waals surface area contributed by atoms with E-state index in [9.17, 15) is 8.42 Å². The largest absolute Gasteiger partial charge is 0.354 e. The van der Waals surface area contributed by atoms with Gasteiger partial charge in [0.2, 0.25) is 5.96 Å². The van der Waals surface area contributed by atoms with Gasteiger partial charge in [0.25, 0.3) is 10.0 Å². The fraction of sp³-hybridized carbons (Fsp3) is 0.250. The Hall–Kier alpha value is -1.90. The Balaban J connectivity index is 1.97. The number of benzene rings is 1. The van der Waals surface area contributed by atoms with Crippen LogP contribution >= 0.6 is 22.9 Å². The van der Waals surface area contributed by atoms with Gasteiger partial charge in [0.05, 0.1) is 10.9 Å². The van der Waals surface area contributed by atoms with E-state index in [-0.39, 0.29) is 16.9 Å². The first-order chi connectivity index (χ1) is 12.0. The van der Waals surface area contributed by atoms with Gasteiger partial charge in [0.1, 0.15) is 0 Å². The number of nitrogens with zero attached hydrogens (tertiary/aromatic N) is 3. The number of hydrogen-bond acceptors (Lipinski definition) is 4. The van der Waals surface area contributed by atoms with Gasteiger partial charge >= 0.3 is 0 Å². The number of rotatable bonds is 4. The second-order valence-corrected chi connectivity index (χ2v) is 8.15. The summed E-state index contributed by atoms with van der Waals surface area (Å²) < 4.78 is 29.3. The number of hydrazone groups is 1. The first kappa shape index (κ1) is 17.9. The Morgan fingerprint density at radius 1 is 1.48 bits per heavy atom. The van der Waals surface area contributed by atoms with E-state index in [1.54, 1.807) is 34.7 Å². The Kier molecular flexibility index (Phi) is 5.41. The maximum atomic E-state index is 12.7. The van der Waals surface area contributed by atoms with Crippen LogP contribution in [0.2, 0.25) is 5.02 Å². The Labute approximate surface area is 155 Å². The van der Waals surface area contributed by atoms with Crippen molar-refractivity contribution >= 4 is 45.1 Å². The van der Waals surface area contributed by atoms with Crippen molar-refractivity contribution in [3.05, 3.63) is 51.7 Å². The van der Waals surface area contributed by atoms with E-state index in [1.807, 2.05) is 23.8 Å². The zero-order valence-electron chi connectivity index (χ0n) is 13.5. The highest BCUT2D eigenvalue weighted by Gasteiger charge is 2.28. The molecule has 0 aliphatic carbocycles. The molecule has 0 bridgehead atoms. The molecule has 1 aliphatic heterocycles. The van der Waals surface area contributed by atoms with E-state index < -0.39 is 10.0 Å². The monoisotopic (exact) mass is 396 g/mol. The predicted molar refractivity (Wildman–Crippen MR) is 102 cm³/mol. The van der Waals surface area contributed by atoms with E-state index in [4.69, 9.17) is 11.6 Å². The van der Waals surface area contributed by atoms with Gasteiger partial charge in [-0.25, -0.2) is 5.01 Å². The molecule has 0 amide bonds. The molecule has 0 saturated heterocycles. The Morgan fingerprint density at radius 3 is 3.00 bits per heavy atom. The second-order valence-electron chi connectivity index (χ2n) is 5.33. The predicted octanol–water partition coefficient (Wildman–Crippen LogP) is 3.49. The van der Waals surface area contributed by atoms with Gasteiger partial charge in [-0.2, -0.15) is 24.9 Å². The van der Waals surface area contributed by atoms with Gasteiger partial charge < -0.3 is 5.32 Å². The average molecular weight is 397 g/mol. The maximum absolute atomic E-state index is 12.7. The lowest BCUT2D eigenvalue weighted by Crippen LogP contribution is -2.39. The lowest BCUT2D eigenvalue weighted by molar-refractivity contribution is 0.358. The molecule has 132 valence electrons. The highest BCUT2D eigenvalue weighted by Crippen LogP contribution is 2.30. The van der Waals surface area contributed by atoms with Crippen LogP contribution in [0.1, 0.15) is 24.9 Å². The van der Waals surface area contributed by atoms with Gasteiger partial charge in [0, 0.05) is 24.2 Å². The summed E-state index contributed by atoms with van der Waals surface area (Å²) in [5.41, 5.74) is 1.08. The highest BCUT2D eigenvalue weighted by molar-refractivity contribution is 7.90. The summed E-state index contributed by atoms with van der Waals surface area (Å²) in [6, 6.07) is 7.99. The molecule has 25 heavy (non-hydrogen) atoms. The molecule has 1 aromatic heterocycles. The number of hydrogen-bond donors (Lipinski definition) is 1. The average Bonchev–Trinajstić information content (AvgIpc) is 3.25. The number of thiophene rings is 1. The molecule has 6 nitrogen and oxygen atoms in total. The smallest absolute Gasteiger partial charge is 0.285 e. The summed E-state index contributed by atoms with van der Waals surface area (Å²) in [7, 11) is -3.91. The van der Waals surface area contributed by atoms with Gasteiger partial charge in [-0.3, -0.25) is 0 Å². The molecular formula is C16H17ClN4O2S2. The minimum Gasteiger partial charge on any atom is -0.354 e. The van der Waals surface area contributed by atoms with E-state index in [2.05, 4.69) is 14.8 Å². The van der Waals surface area contributed by atoms with Crippen LogP contribution in [0.5, 0.6) is 0 Å². The summed E-state index contributed by atoms with van der Waals surface area (Å²) in [5.74, 6) is 0.201. The highest BCUT2D eigenvalue weighted by atomic mass is 35.5. The van der Waals surface area contributed by atoms with Crippen LogP contribution in [0.4, 0.5) is 0 Å². The van der Waals surface area contributed by atoms with Gasteiger partial charge in [-0.05, 0) is 47.5 Å². The van der Waals surface area contributed by atoms with Gasteiger partial charge in [-0.15, -0.1) is 4.40 Å². The molecule has 1 atom stereocenters. The first-order valence-electron chi connectivity index (χ1n) is 7.69. The molecule has 0 spiro atoms. The van der Waals surface area contributed by atoms with Crippen molar-refractivity contribution in [3.63, 3.8) is 0 Å². The summed E-state index contributed by atoms with van der Waals surface area (Å²) in [5, 5.41) is 13.3. The second kappa shape index (κ2) is 7.55. The van der Waals surface area contributed by atoms with Crippen LogP contribution in [0, 0.1) is 0 Å². The molecule has 0 saturated carbocycles. The topological polar surface area (TPSA) is 74.1 Å². The van der Waals surface area contributed by atoms with Crippen molar-refractivity contribution in [1.29, 1.82) is 0 Å². The third kappa shape index (κ3) is 4.02. The van der Waals surface area contributed by atoms with E-state index in [0.717, 1.165) is 5.56 Å². The summed E-state index contributed by atoms with van der Waals surface area (Å²) >= 11 is 7.49. The fourth-order valence-electron chi connectivity index (χ4n) is 2.47. The third-order valence-corrected chi connectivity index (χ3v) is 5.81. The molecule has 2 heterocycles. The molecule has 3 rings (SSSR count). The molecular weight excluding hydrogens is 380 g/mol. The number of halogens is 1. The Morgan fingerprint density at radius 2 is 2.32 bits per heavy atom. The molecule has 1 N–H and O–H groups in total. The summed E-state index contributed by atoms with van der Waals surface area (Å²) in [4.78, 5) is 0.0469. The summed E-state index contributed by atoms with van der Waals surface area (Å²) in [6.07, 6.45) is 2.46. The van der Waals surface area contributed by atoms with E-state index in [1.165, 1.54) is 12.1 Å². The number of guanidine groups is 1. The van der Waals surface area contributed by atoms with Crippen molar-refractivity contribution in [2.24, 2.45) is 9.50 Å². The van der Waals surface area contributed by atoms with Crippen LogP contribution in [0.3, 0.4) is 0 Å². The molecule has 1 unspecified atom stereocenters. The van der Waals surface area contributed by atoms with E-state index >= 15 is 0 Å². The molecule has 9 heteroatoms. The third-order valence-electron chi connectivity index (χ3n) is 3.61. The van der Waals surface area contributed by atoms with Crippen molar-refractivity contribution in [1.82, 2.24) is 10.3 Å². The van der Waals surface area contributed by atoms with Crippen LogP contribution in [0.15, 0.2) is 55.5 Å². The first-order valence-corrected chi connectivity index (χ1v) is 10.5. The zero-order chi connectivity index (χ0) is 17.9. The molecule has 1 aliphatic rings. The van der Waals surface area contributed by atoms with Gasteiger partial charge in [-0.1, -0.05) is 17.7 Å². The van der Waals surface area contributed by atoms with Crippen LogP contribution < -0.4 is 5.32 Å². The molecule has 2 aromatic rings. The Bertz CT molecular complexity index is 895. The van der Waals surface area contributed by atoms with Crippen molar-refractivity contribution in [2.45, 2.75) is 24.3 Å². The van der Waals surface area contributed by atoms with Gasteiger partial charge in [0.15, 0.2) is 0 Å². The molecule has 1 aromatic carbocycles. The van der Waals surface area contributed by atoms with Crippen LogP contribution in [-0.4, -0.2) is 32.1 Å². The van der Waals surface area contributed by atoms with Crippen molar-refractivity contribution < 1.29 is 8.42 Å². The van der Waals surface area contributed by atoms with Crippen LogP contribution in [-0.2, 0) is 10.0 Å². The van der Waals surface area contributed by atoms with Crippen LogP contribution in [0.25, 0.3) is 0 Å². The fourth-order valence-corrected chi connectivity index (χ4v) is 4.44.